The van der Waals surface area contributed by atoms with Crippen molar-refractivity contribution in [1.29, 1.82) is 0 Å². The van der Waals surface area contributed by atoms with Crippen molar-refractivity contribution in [2.75, 3.05) is 5.32 Å². The van der Waals surface area contributed by atoms with Crippen LogP contribution in [-0.2, 0) is 4.79 Å². The molecule has 20 heavy (non-hydrogen) atoms. The maximum Gasteiger partial charge on any atom is 0.242 e. The minimum absolute atomic E-state index is 0.200. The fourth-order valence-corrected chi connectivity index (χ4v) is 1.68. The lowest BCUT2D eigenvalue weighted by Crippen LogP contribution is -2.35. The van der Waals surface area contributed by atoms with E-state index < -0.39 is 6.04 Å². The van der Waals surface area contributed by atoms with Crippen LogP contribution in [0.2, 0.25) is 0 Å². The summed E-state index contributed by atoms with van der Waals surface area (Å²) in [5, 5.41) is 2.67. The molecule has 0 aliphatic rings. The monoisotopic (exact) mass is 269 g/mol. The van der Waals surface area contributed by atoms with Gasteiger partial charge in [-0.1, -0.05) is 0 Å². The molecule has 0 aliphatic carbocycles. The number of carbonyl (C=O) groups is 1. The highest BCUT2D eigenvalue weighted by Crippen LogP contribution is 2.11. The van der Waals surface area contributed by atoms with Crippen molar-refractivity contribution in [3.05, 3.63) is 36.5 Å². The molecule has 3 N–H and O–H groups in total. The van der Waals surface area contributed by atoms with E-state index in [9.17, 15) is 4.79 Å². The van der Waals surface area contributed by atoms with Crippen molar-refractivity contribution in [3.63, 3.8) is 0 Å². The second-order valence-electron chi connectivity index (χ2n) is 4.25. The van der Waals surface area contributed by atoms with Crippen LogP contribution in [-0.4, -0.2) is 26.5 Å². The summed E-state index contributed by atoms with van der Waals surface area (Å²) in [7, 11) is 0. The van der Waals surface area contributed by atoms with E-state index in [4.69, 9.17) is 12.2 Å². The molecule has 102 valence electrons. The molecule has 6 nitrogen and oxygen atoms in total. The molecule has 0 spiro atoms. The van der Waals surface area contributed by atoms with E-state index in [1.807, 2.05) is 17.7 Å². The number of nitrogens with one attached hydrogen (secondary N) is 1. The van der Waals surface area contributed by atoms with E-state index in [1.54, 1.807) is 24.5 Å². The number of rotatable bonds is 4. The first-order chi connectivity index (χ1) is 9.61. The minimum Gasteiger partial charge on any atom is -0.323 e. The van der Waals surface area contributed by atoms with Gasteiger partial charge < -0.3 is 11.1 Å². The average molecular weight is 269 g/mol. The summed E-state index contributed by atoms with van der Waals surface area (Å²) in [6.45, 7) is 1.89. The molecule has 1 atom stereocenters. The molecule has 1 amide bonds. The van der Waals surface area contributed by atoms with Crippen LogP contribution in [0.5, 0.6) is 0 Å². The highest BCUT2D eigenvalue weighted by atomic mass is 16.2. The lowest BCUT2D eigenvalue weighted by Gasteiger charge is -2.10. The fourth-order valence-electron chi connectivity index (χ4n) is 1.68. The van der Waals surface area contributed by atoms with Crippen LogP contribution in [0.3, 0.4) is 0 Å². The quantitative estimate of drug-likeness (QED) is 0.806. The lowest BCUT2D eigenvalue weighted by molar-refractivity contribution is -0.117. The standard InChI is InChI=1S/C14H15N5O/c1-3-4-12(15)14(20)18-11-5-6-13(17-9-11)19-8-7-16-10(19)2/h1,5-9,12H,4,15H2,2H3,(H,18,20). The number of terminal acetylenes is 1. The van der Waals surface area contributed by atoms with Crippen molar-refractivity contribution in [1.82, 2.24) is 14.5 Å². The largest absolute Gasteiger partial charge is 0.323 e. The number of nitrogens with zero attached hydrogens (tertiary/aromatic N) is 3. The van der Waals surface area contributed by atoms with Crippen molar-refractivity contribution >= 4 is 11.6 Å². The number of aromatic nitrogens is 3. The molecule has 6 heteroatoms. The smallest absolute Gasteiger partial charge is 0.242 e. The number of imidazole rings is 1. The molecule has 2 heterocycles. The molecule has 0 aliphatic heterocycles. The molecule has 0 aromatic carbocycles. The van der Waals surface area contributed by atoms with E-state index >= 15 is 0 Å². The Labute approximate surface area is 117 Å². The van der Waals surface area contributed by atoms with Crippen molar-refractivity contribution < 1.29 is 4.79 Å². The first-order valence-corrected chi connectivity index (χ1v) is 6.08. The minimum atomic E-state index is -0.712. The Morgan fingerprint density at radius 2 is 2.35 bits per heavy atom. The zero-order valence-electron chi connectivity index (χ0n) is 11.1. The highest BCUT2D eigenvalue weighted by molar-refractivity contribution is 5.94. The van der Waals surface area contributed by atoms with Gasteiger partial charge in [0.2, 0.25) is 5.91 Å². The molecule has 2 aromatic rings. The maximum atomic E-state index is 11.7. The molecule has 0 saturated carbocycles. The molecule has 0 bridgehead atoms. The molecule has 0 saturated heterocycles. The number of aryl methyl sites for hydroxylation is 1. The molecular formula is C14H15N5O. The number of hydrogen-bond acceptors (Lipinski definition) is 4. The fraction of sp³-hybridized carbons (Fsp3) is 0.214. The zero-order valence-corrected chi connectivity index (χ0v) is 11.1. The topological polar surface area (TPSA) is 85.8 Å². The highest BCUT2D eigenvalue weighted by Gasteiger charge is 2.12. The summed E-state index contributed by atoms with van der Waals surface area (Å²) in [5.74, 6) is 3.60. The SMILES string of the molecule is C#CCC(N)C(=O)Nc1ccc(-n2ccnc2C)nc1. The summed E-state index contributed by atoms with van der Waals surface area (Å²) in [6, 6.07) is 2.83. The number of pyridine rings is 1. The van der Waals surface area contributed by atoms with Gasteiger partial charge >= 0.3 is 0 Å². The van der Waals surface area contributed by atoms with E-state index in [2.05, 4.69) is 21.2 Å². The number of carbonyl (C=O) groups excluding carboxylic acids is 1. The van der Waals surface area contributed by atoms with E-state index in [-0.39, 0.29) is 12.3 Å². The Morgan fingerprint density at radius 1 is 1.55 bits per heavy atom. The third kappa shape index (κ3) is 3.02. The first-order valence-electron chi connectivity index (χ1n) is 6.08. The predicted molar refractivity (Wildman–Crippen MR) is 76.2 cm³/mol. The normalized spacial score (nSPS) is 11.7. The number of amides is 1. The molecular weight excluding hydrogens is 254 g/mol. The number of hydrogen-bond donors (Lipinski definition) is 2. The van der Waals surface area contributed by atoms with Gasteiger partial charge in [0.15, 0.2) is 0 Å². The molecule has 0 radical (unpaired) electrons. The zero-order chi connectivity index (χ0) is 14.5. The summed E-state index contributed by atoms with van der Waals surface area (Å²) in [4.78, 5) is 20.1. The van der Waals surface area contributed by atoms with Crippen LogP contribution < -0.4 is 11.1 Å². The van der Waals surface area contributed by atoms with Gasteiger partial charge in [0.05, 0.1) is 17.9 Å². The first kappa shape index (κ1) is 13.8. The Balaban J connectivity index is 2.08. The Morgan fingerprint density at radius 3 is 2.90 bits per heavy atom. The van der Waals surface area contributed by atoms with Gasteiger partial charge in [0, 0.05) is 18.8 Å². The molecule has 2 aromatic heterocycles. The van der Waals surface area contributed by atoms with E-state index in [1.165, 1.54) is 0 Å². The van der Waals surface area contributed by atoms with Gasteiger partial charge in [-0.25, -0.2) is 9.97 Å². The Hall–Kier alpha value is -2.65. The van der Waals surface area contributed by atoms with Crippen LogP contribution in [0.25, 0.3) is 5.82 Å². The lowest BCUT2D eigenvalue weighted by atomic mass is 10.2. The predicted octanol–water partition coefficient (Wildman–Crippen LogP) is 0.865. The van der Waals surface area contributed by atoms with Crippen molar-refractivity contribution in [2.45, 2.75) is 19.4 Å². The summed E-state index contributed by atoms with van der Waals surface area (Å²) in [5.41, 5.74) is 6.19. The van der Waals surface area contributed by atoms with Gasteiger partial charge in [-0.2, -0.15) is 0 Å². The second kappa shape index (κ2) is 5.99. The van der Waals surface area contributed by atoms with Gasteiger partial charge in [0.1, 0.15) is 11.6 Å². The van der Waals surface area contributed by atoms with Crippen LogP contribution in [0.4, 0.5) is 5.69 Å². The third-order valence-corrected chi connectivity index (χ3v) is 2.76. The molecule has 0 fully saturated rings. The molecule has 2 rings (SSSR count). The van der Waals surface area contributed by atoms with Crippen LogP contribution in [0, 0.1) is 19.3 Å². The van der Waals surface area contributed by atoms with Crippen molar-refractivity contribution in [3.8, 4) is 18.2 Å². The number of nitrogens with two attached hydrogens (primary N) is 1. The van der Waals surface area contributed by atoms with Crippen LogP contribution in [0.1, 0.15) is 12.2 Å². The van der Waals surface area contributed by atoms with Gasteiger partial charge in [0.25, 0.3) is 0 Å². The third-order valence-electron chi connectivity index (χ3n) is 2.76. The van der Waals surface area contributed by atoms with Crippen molar-refractivity contribution in [2.24, 2.45) is 5.73 Å². The Kier molecular flexibility index (Phi) is 4.13. The van der Waals surface area contributed by atoms with Crippen LogP contribution >= 0.6 is 0 Å². The van der Waals surface area contributed by atoms with Gasteiger partial charge in [-0.15, -0.1) is 12.3 Å². The van der Waals surface area contributed by atoms with E-state index in [0.29, 0.717) is 5.69 Å². The summed E-state index contributed by atoms with van der Waals surface area (Å²) < 4.78 is 1.84. The summed E-state index contributed by atoms with van der Waals surface area (Å²) in [6.07, 6.45) is 10.4. The average Bonchev–Trinajstić information content (AvgIpc) is 2.86. The summed E-state index contributed by atoms with van der Waals surface area (Å²) >= 11 is 0. The molecule has 1 unspecified atom stereocenters. The van der Waals surface area contributed by atoms with Crippen LogP contribution in [0.15, 0.2) is 30.7 Å². The van der Waals surface area contributed by atoms with Gasteiger partial charge in [-0.3, -0.25) is 9.36 Å². The van der Waals surface area contributed by atoms with E-state index in [0.717, 1.165) is 11.6 Å². The van der Waals surface area contributed by atoms with Gasteiger partial charge in [-0.05, 0) is 19.1 Å². The maximum absolute atomic E-state index is 11.7. The Bertz CT molecular complexity index is 638. The second-order valence-corrected chi connectivity index (χ2v) is 4.25. The number of anilines is 1.